The van der Waals surface area contributed by atoms with E-state index in [9.17, 15) is 90.4 Å². The molecule has 99 heavy (non-hydrogen) atoms. The lowest BCUT2D eigenvalue weighted by atomic mass is 9.92. The van der Waals surface area contributed by atoms with E-state index >= 15 is 9.59 Å². The van der Waals surface area contributed by atoms with Gasteiger partial charge >= 0.3 is 5.97 Å². The number of nitrogens with zero attached hydrogens (tertiary/aromatic N) is 3. The van der Waals surface area contributed by atoms with Crippen LogP contribution in [0.2, 0.25) is 0 Å². The van der Waals surface area contributed by atoms with Crippen molar-refractivity contribution >= 4 is 53.3 Å². The number of benzene rings is 2. The van der Waals surface area contributed by atoms with E-state index in [2.05, 4.69) is 47.2 Å². The van der Waals surface area contributed by atoms with Crippen molar-refractivity contribution in [3.8, 4) is 5.75 Å². The third kappa shape index (κ3) is 18.7. The van der Waals surface area contributed by atoms with E-state index in [-0.39, 0.29) is 30.2 Å². The Labute approximate surface area is 566 Å². The van der Waals surface area contributed by atoms with Crippen LogP contribution in [0.15, 0.2) is 64.6 Å². The molecule has 0 spiro atoms. The molecule has 0 radical (unpaired) electrons. The Bertz CT molecular complexity index is 3130. The van der Waals surface area contributed by atoms with Crippen molar-refractivity contribution in [3.05, 3.63) is 65.7 Å². The van der Waals surface area contributed by atoms with Gasteiger partial charge in [0.2, 0.25) is 41.7 Å². The van der Waals surface area contributed by atoms with Crippen molar-refractivity contribution < 1.29 is 128 Å². The maximum absolute atomic E-state index is 15.2. The molecular weight excluding hydrogens is 1320 g/mol. The molecule has 6 aliphatic heterocycles. The van der Waals surface area contributed by atoms with Gasteiger partial charge in [-0.3, -0.25) is 43.5 Å². The van der Waals surface area contributed by atoms with E-state index in [1.54, 1.807) is 37.3 Å². The first-order chi connectivity index (χ1) is 47.2. The third-order valence-corrected chi connectivity index (χ3v) is 18.0. The number of unbranched alkanes of at least 4 members (excludes halogenated alkanes) is 3. The Morgan fingerprint density at radius 2 is 1.23 bits per heavy atom. The molecule has 25 unspecified atom stereocenters. The molecule has 6 heterocycles. The molecule has 38 nitrogen and oxygen atoms in total. The second-order valence-electron chi connectivity index (χ2n) is 24.9. The van der Waals surface area contributed by atoms with E-state index in [0.29, 0.717) is 12.0 Å². The van der Waals surface area contributed by atoms with E-state index in [0.717, 1.165) is 24.2 Å². The Morgan fingerprint density at radius 3 is 1.89 bits per heavy atom. The average molecular weight is 1410 g/mol. The summed E-state index contributed by atoms with van der Waals surface area (Å²) >= 11 is 0. The molecule has 4 saturated heterocycles. The molecule has 2 aromatic carbocycles. The summed E-state index contributed by atoms with van der Waals surface area (Å²) in [6.07, 6.45) is -29.0. The Morgan fingerprint density at radius 1 is 0.616 bits per heavy atom. The number of esters is 1. The second kappa shape index (κ2) is 35.1. The highest BCUT2D eigenvalue weighted by molar-refractivity contribution is 5.98. The zero-order valence-corrected chi connectivity index (χ0v) is 53.9. The van der Waals surface area contributed by atoms with Crippen molar-refractivity contribution in [3.63, 3.8) is 0 Å². The lowest BCUT2D eigenvalue weighted by Crippen LogP contribution is -2.70. The zero-order valence-electron chi connectivity index (χ0n) is 53.9. The van der Waals surface area contributed by atoms with Crippen LogP contribution in [-0.2, 0) is 63.7 Å². The number of hydrogen-bond donors (Lipinski definition) is 22. The molecule has 25 atom stereocenters. The van der Waals surface area contributed by atoms with Crippen LogP contribution < -0.4 is 53.4 Å². The molecule has 24 N–H and O–H groups in total. The normalized spacial score (nSPS) is 35.4. The minimum absolute atomic E-state index is 0.0118. The number of carbonyl (C=O) groups is 7. The molecule has 2 aromatic rings. The molecule has 6 aliphatic rings. The Hall–Kier alpha value is -7.61. The fourth-order valence-corrected chi connectivity index (χ4v) is 12.1. The van der Waals surface area contributed by atoms with Crippen LogP contribution in [0.3, 0.4) is 0 Å². The van der Waals surface area contributed by atoms with Gasteiger partial charge in [0.05, 0.1) is 51.5 Å². The number of nitrogens with one attached hydrogen (secondary N) is 7. The zero-order chi connectivity index (χ0) is 72.1. The van der Waals surface area contributed by atoms with Gasteiger partial charge in [-0.2, -0.15) is 0 Å². The standard InChI is InChI=1S/C61H90N12O26/c1-3-4-5-9-12-37(78)94-24-35-44(82)45(83)48(86)57(96-35)73-32(19-66-61(73)63)42(80)40-55(92)68-31(21-74)52(89)64-20-36(77)70-38(25(2)27-10-7-6-8-11-27)54(91)67-29(53(90)71-39(56(93)72-40)41(79)30-18-65-60(62)69-30)17-26-13-15-28(16-14-26)95-58-50(88)47(85)51(34(23-76)98-58)99-59-49(87)46(84)43(81)33(22-75)97-59/h6-8,10-11,13-16,25,29-35,38-51,57-59,74-76,79-88H,3-5,9,12,17-24H2,1-2H3,(H2,63,66)(H,64,89)(H,67,91)(H,68,92)(H,70,77)(H,71,90)(H,72,93)(H3,62,65,69). The number of aliphatic hydroxyl groups excluding tert-OH is 13. The lowest BCUT2D eigenvalue weighted by Gasteiger charge is -2.46. The minimum atomic E-state index is -2.37. The van der Waals surface area contributed by atoms with Gasteiger partial charge in [0.1, 0.15) is 128 Å². The monoisotopic (exact) mass is 1410 g/mol. The average Bonchev–Trinajstić information content (AvgIpc) is 1.74. The number of rotatable bonds is 23. The van der Waals surface area contributed by atoms with Crippen molar-refractivity contribution in [2.45, 2.75) is 205 Å². The van der Waals surface area contributed by atoms with Crippen LogP contribution >= 0.6 is 0 Å². The van der Waals surface area contributed by atoms with Crippen LogP contribution in [0, 0.1) is 0 Å². The van der Waals surface area contributed by atoms with Gasteiger partial charge in [-0.15, -0.1) is 0 Å². The predicted octanol–water partition coefficient (Wildman–Crippen LogP) is -11.1. The van der Waals surface area contributed by atoms with Crippen LogP contribution in [-0.4, -0.2) is 317 Å². The van der Waals surface area contributed by atoms with Crippen molar-refractivity contribution in [1.29, 1.82) is 0 Å². The maximum atomic E-state index is 15.2. The van der Waals surface area contributed by atoms with Gasteiger partial charge in [0.25, 0.3) is 0 Å². The van der Waals surface area contributed by atoms with Gasteiger partial charge in [-0.1, -0.05) is 75.6 Å². The number of amides is 6. The molecule has 0 saturated carbocycles. The van der Waals surface area contributed by atoms with Crippen molar-refractivity contribution in [2.75, 3.05) is 46.1 Å². The highest BCUT2D eigenvalue weighted by atomic mass is 16.7. The van der Waals surface area contributed by atoms with Crippen LogP contribution in [0.1, 0.15) is 63.0 Å². The van der Waals surface area contributed by atoms with E-state index < -0.39 is 246 Å². The van der Waals surface area contributed by atoms with E-state index in [4.69, 9.17) is 39.9 Å². The van der Waals surface area contributed by atoms with Gasteiger partial charge in [0.15, 0.2) is 24.4 Å². The maximum Gasteiger partial charge on any atom is 0.305 e. The first-order valence-electron chi connectivity index (χ1n) is 32.3. The molecular formula is C61H90N12O26. The van der Waals surface area contributed by atoms with Gasteiger partial charge in [0, 0.05) is 18.8 Å². The van der Waals surface area contributed by atoms with E-state index in [1.807, 2.05) is 6.92 Å². The summed E-state index contributed by atoms with van der Waals surface area (Å²) in [4.78, 5) is 110. The number of aliphatic hydroxyl groups is 13. The van der Waals surface area contributed by atoms with Crippen LogP contribution in [0.5, 0.6) is 5.75 Å². The lowest BCUT2D eigenvalue weighted by molar-refractivity contribution is -0.352. The molecule has 6 amide bonds. The highest BCUT2D eigenvalue weighted by Gasteiger charge is 2.54. The van der Waals surface area contributed by atoms with Crippen LogP contribution in [0.25, 0.3) is 0 Å². The number of nitrogens with two attached hydrogens (primary N) is 2. The number of hydrogen-bond acceptors (Lipinski definition) is 32. The molecule has 8 rings (SSSR count). The molecule has 550 valence electrons. The summed E-state index contributed by atoms with van der Waals surface area (Å²) in [5.41, 5.74) is 13.0. The largest absolute Gasteiger partial charge is 0.463 e. The van der Waals surface area contributed by atoms with Gasteiger partial charge in [-0.25, -0.2) is 0 Å². The molecule has 4 fully saturated rings. The summed E-state index contributed by atoms with van der Waals surface area (Å²) in [5, 5.41) is 160. The molecule has 0 bridgehead atoms. The fourth-order valence-electron chi connectivity index (χ4n) is 12.1. The second-order valence-corrected chi connectivity index (χ2v) is 24.9. The topological polar surface area (TPSA) is 602 Å². The first kappa shape index (κ1) is 77.1. The molecule has 38 heteroatoms. The number of aliphatic imine (C=N–C) groups is 2. The van der Waals surface area contributed by atoms with Crippen molar-refractivity contribution in [1.82, 2.24) is 42.1 Å². The number of guanidine groups is 2. The summed E-state index contributed by atoms with van der Waals surface area (Å²) in [7, 11) is 0. The Balaban J connectivity index is 1.10. The highest BCUT2D eigenvalue weighted by Crippen LogP contribution is 2.33. The fraction of sp³-hybridized carbons (Fsp3) is 0.656. The van der Waals surface area contributed by atoms with Gasteiger partial charge < -0.3 is 148 Å². The summed E-state index contributed by atoms with van der Waals surface area (Å²) < 4.78 is 34.0. The van der Waals surface area contributed by atoms with Crippen molar-refractivity contribution in [2.24, 2.45) is 21.5 Å². The summed E-state index contributed by atoms with van der Waals surface area (Å²) in [6, 6.07) is 0.677. The predicted molar refractivity (Wildman–Crippen MR) is 336 cm³/mol. The first-order valence-corrected chi connectivity index (χ1v) is 32.3. The Kier molecular flexibility index (Phi) is 27.4. The number of ether oxygens (including phenoxy) is 6. The minimum Gasteiger partial charge on any atom is -0.463 e. The van der Waals surface area contributed by atoms with Crippen LogP contribution in [0.4, 0.5) is 0 Å². The van der Waals surface area contributed by atoms with Gasteiger partial charge in [-0.05, 0) is 29.7 Å². The molecule has 0 aliphatic carbocycles. The number of carbonyl (C=O) groups excluding carboxylic acids is 7. The quantitative estimate of drug-likeness (QED) is 0.0363. The summed E-state index contributed by atoms with van der Waals surface area (Å²) in [6.45, 7) is -1.79. The smallest absolute Gasteiger partial charge is 0.305 e. The van der Waals surface area contributed by atoms with E-state index in [1.165, 1.54) is 24.3 Å². The summed E-state index contributed by atoms with van der Waals surface area (Å²) in [5.74, 6) is -9.74. The SMILES string of the molecule is CCCCCCC(=O)OCC1OC(N2C(N)=NCC2C(O)C2NC(=O)C(C(O)C3CN=C(N)N3)NC(=O)C(Cc3ccc(OC4OC(CO)C(OC5OC(CO)C(O)C(O)C5O)C(O)C4O)cc3)NC(=O)C(C(C)c3ccccc3)NC(=O)CNC(=O)C(CO)NC2=O)C(O)C(O)C1O. The third-order valence-electron chi connectivity index (χ3n) is 18.0. The molecule has 0 aromatic heterocycles.